The van der Waals surface area contributed by atoms with Gasteiger partial charge in [-0.05, 0) is 12.8 Å². The minimum absolute atomic E-state index is 0.0724. The molecule has 1 N–H and O–H groups in total. The Morgan fingerprint density at radius 2 is 2.24 bits per heavy atom. The first-order chi connectivity index (χ1) is 10.3. The third-order valence-corrected chi connectivity index (χ3v) is 4.28. The Labute approximate surface area is 125 Å². The topological polar surface area (TPSA) is 80.0 Å². The van der Waals surface area contributed by atoms with Gasteiger partial charge >= 0.3 is 0 Å². The zero-order valence-corrected chi connectivity index (χ0v) is 12.5. The Hall–Kier alpha value is -1.35. The molecule has 2 aromatic rings. The lowest BCUT2D eigenvalue weighted by molar-refractivity contribution is -0.00918. The van der Waals surface area contributed by atoms with Crippen molar-refractivity contribution in [1.82, 2.24) is 19.5 Å². The lowest BCUT2D eigenvalue weighted by Crippen LogP contribution is -2.37. The molecule has 7 nitrogen and oxygen atoms in total. The van der Waals surface area contributed by atoms with Crippen molar-refractivity contribution < 1.29 is 9.84 Å². The second-order valence-corrected chi connectivity index (χ2v) is 5.90. The zero-order chi connectivity index (χ0) is 14.7. The Balaban J connectivity index is 1.60. The molecular weight excluding hydrogens is 292 g/mol. The van der Waals surface area contributed by atoms with E-state index >= 15 is 0 Å². The first kappa shape index (κ1) is 14.6. The van der Waals surface area contributed by atoms with E-state index in [0.29, 0.717) is 18.1 Å². The van der Waals surface area contributed by atoms with Crippen LogP contribution in [0.1, 0.15) is 18.5 Å². The number of ether oxygens (including phenoxy) is 1. The number of rotatable bonds is 5. The van der Waals surface area contributed by atoms with E-state index in [9.17, 15) is 4.79 Å². The molecule has 8 heteroatoms. The fourth-order valence-corrected chi connectivity index (χ4v) is 3.21. The van der Waals surface area contributed by atoms with Crippen LogP contribution in [0.25, 0.3) is 4.96 Å². The molecular formula is C13H18N4O3S. The van der Waals surface area contributed by atoms with Gasteiger partial charge in [-0.15, -0.1) is 0 Å². The number of fused-ring (bicyclic) bond motifs is 1. The zero-order valence-electron chi connectivity index (χ0n) is 11.6. The number of likely N-dealkylation sites (tertiary alicyclic amines) is 1. The second-order valence-electron chi connectivity index (χ2n) is 5.09. The van der Waals surface area contributed by atoms with Gasteiger partial charge in [-0.25, -0.2) is 4.98 Å². The summed E-state index contributed by atoms with van der Waals surface area (Å²) in [6.07, 6.45) is 2.12. The summed E-state index contributed by atoms with van der Waals surface area (Å²) in [5.41, 5.74) is 2.29. The summed E-state index contributed by atoms with van der Waals surface area (Å²) in [6, 6.07) is 1.56. The first-order valence-electron chi connectivity index (χ1n) is 7.03. The van der Waals surface area contributed by atoms with Crippen LogP contribution in [0.15, 0.2) is 16.4 Å². The van der Waals surface area contributed by atoms with Crippen LogP contribution in [-0.4, -0.2) is 57.0 Å². The summed E-state index contributed by atoms with van der Waals surface area (Å²) in [5.74, 6) is 0. The van der Waals surface area contributed by atoms with Crippen molar-refractivity contribution in [3.05, 3.63) is 27.6 Å². The molecule has 0 unspecified atom stereocenters. The highest BCUT2D eigenvalue weighted by Crippen LogP contribution is 2.15. The lowest BCUT2D eigenvalue weighted by Gasteiger charge is -2.31. The third-order valence-electron chi connectivity index (χ3n) is 3.61. The summed E-state index contributed by atoms with van der Waals surface area (Å²) in [7, 11) is 0. The molecule has 21 heavy (non-hydrogen) atoms. The number of aliphatic hydroxyl groups excluding tert-OH is 1. The summed E-state index contributed by atoms with van der Waals surface area (Å²) >= 11 is 1.37. The van der Waals surface area contributed by atoms with Crippen LogP contribution in [0.3, 0.4) is 0 Å². The SMILES string of the molecule is O=c1cc(CN2CCC(OCCO)CC2)nc2scnn12. The molecule has 0 atom stereocenters. The van der Waals surface area contributed by atoms with Gasteiger partial charge in [-0.1, -0.05) is 11.3 Å². The van der Waals surface area contributed by atoms with Gasteiger partial charge in [0.1, 0.15) is 5.51 Å². The largest absolute Gasteiger partial charge is 0.394 e. The number of hydrogen-bond donors (Lipinski definition) is 1. The highest BCUT2D eigenvalue weighted by atomic mass is 32.1. The quantitative estimate of drug-likeness (QED) is 0.845. The Morgan fingerprint density at radius 3 is 3.00 bits per heavy atom. The molecule has 3 heterocycles. The van der Waals surface area contributed by atoms with Crippen LogP contribution in [0, 0.1) is 0 Å². The van der Waals surface area contributed by atoms with Crippen LogP contribution in [0.5, 0.6) is 0 Å². The molecule has 0 radical (unpaired) electrons. The van der Waals surface area contributed by atoms with Crippen LogP contribution in [0.2, 0.25) is 0 Å². The standard InChI is InChI=1S/C13H18N4O3S/c18-5-6-20-11-1-3-16(4-2-11)8-10-7-12(19)17-13(15-10)21-9-14-17/h7,9,11,18H,1-6,8H2. The molecule has 0 amide bonds. The fraction of sp³-hybridized carbons (Fsp3) is 0.615. The normalized spacial score (nSPS) is 17.6. The maximum atomic E-state index is 11.9. The Morgan fingerprint density at radius 1 is 1.43 bits per heavy atom. The molecule has 0 aromatic carbocycles. The minimum atomic E-state index is -0.127. The van der Waals surface area contributed by atoms with Crippen molar-refractivity contribution >= 4 is 16.3 Å². The highest BCUT2D eigenvalue weighted by Gasteiger charge is 2.20. The number of hydrogen-bond acceptors (Lipinski definition) is 7. The van der Waals surface area contributed by atoms with Gasteiger partial charge in [-0.2, -0.15) is 9.61 Å². The molecule has 1 aliphatic heterocycles. The predicted molar refractivity (Wildman–Crippen MR) is 78.5 cm³/mol. The van der Waals surface area contributed by atoms with Gasteiger partial charge in [0.2, 0.25) is 4.96 Å². The van der Waals surface area contributed by atoms with Gasteiger partial charge in [-0.3, -0.25) is 9.69 Å². The van der Waals surface area contributed by atoms with E-state index in [1.165, 1.54) is 15.9 Å². The second kappa shape index (κ2) is 6.61. The van der Waals surface area contributed by atoms with Crippen LogP contribution >= 0.6 is 11.3 Å². The lowest BCUT2D eigenvalue weighted by atomic mass is 10.1. The molecule has 0 aliphatic carbocycles. The van der Waals surface area contributed by atoms with Gasteiger partial charge in [0, 0.05) is 25.7 Å². The number of nitrogens with zero attached hydrogens (tertiary/aromatic N) is 4. The van der Waals surface area contributed by atoms with Crippen LogP contribution < -0.4 is 5.56 Å². The van der Waals surface area contributed by atoms with E-state index in [1.807, 2.05) is 0 Å². The predicted octanol–water partition coefficient (Wildman–Crippen LogP) is 0.124. The Bertz CT molecular complexity index is 648. The maximum Gasteiger partial charge on any atom is 0.275 e. The van der Waals surface area contributed by atoms with E-state index in [2.05, 4.69) is 15.0 Å². The van der Waals surface area contributed by atoms with Crippen molar-refractivity contribution in [3.63, 3.8) is 0 Å². The van der Waals surface area contributed by atoms with Crippen molar-refractivity contribution in [2.24, 2.45) is 0 Å². The van der Waals surface area contributed by atoms with E-state index < -0.39 is 0 Å². The highest BCUT2D eigenvalue weighted by molar-refractivity contribution is 7.14. The van der Waals surface area contributed by atoms with Gasteiger partial charge in [0.15, 0.2) is 0 Å². The van der Waals surface area contributed by atoms with E-state index in [0.717, 1.165) is 31.6 Å². The van der Waals surface area contributed by atoms with Crippen molar-refractivity contribution in [2.45, 2.75) is 25.5 Å². The number of aliphatic hydroxyl groups is 1. The molecule has 0 spiro atoms. The molecule has 0 saturated carbocycles. The number of piperidine rings is 1. The molecule has 114 valence electrons. The Kier molecular flexibility index (Phi) is 4.59. The third kappa shape index (κ3) is 3.46. The molecule has 3 rings (SSSR count). The van der Waals surface area contributed by atoms with E-state index in [4.69, 9.17) is 9.84 Å². The van der Waals surface area contributed by atoms with Gasteiger partial charge in [0.05, 0.1) is 25.0 Å². The molecule has 0 bridgehead atoms. The molecule has 2 aromatic heterocycles. The first-order valence-corrected chi connectivity index (χ1v) is 7.91. The van der Waals surface area contributed by atoms with Gasteiger partial charge in [0.25, 0.3) is 5.56 Å². The van der Waals surface area contributed by atoms with Crippen LogP contribution in [0.4, 0.5) is 0 Å². The summed E-state index contributed by atoms with van der Waals surface area (Å²) in [5, 5.41) is 12.7. The smallest absolute Gasteiger partial charge is 0.275 e. The van der Waals surface area contributed by atoms with Crippen molar-refractivity contribution in [2.75, 3.05) is 26.3 Å². The average molecular weight is 310 g/mol. The monoisotopic (exact) mass is 310 g/mol. The summed E-state index contributed by atoms with van der Waals surface area (Å²) < 4.78 is 6.87. The molecule has 1 fully saturated rings. The van der Waals surface area contributed by atoms with Gasteiger partial charge < -0.3 is 9.84 Å². The molecule has 1 aliphatic rings. The number of aromatic nitrogens is 3. The summed E-state index contributed by atoms with van der Waals surface area (Å²) in [4.78, 5) is 19.3. The minimum Gasteiger partial charge on any atom is -0.394 e. The fourth-order valence-electron chi connectivity index (χ4n) is 2.56. The van der Waals surface area contributed by atoms with E-state index in [1.54, 1.807) is 11.6 Å². The maximum absolute atomic E-state index is 11.9. The van der Waals surface area contributed by atoms with E-state index in [-0.39, 0.29) is 18.3 Å². The van der Waals surface area contributed by atoms with Crippen molar-refractivity contribution in [1.29, 1.82) is 0 Å². The van der Waals surface area contributed by atoms with Crippen LogP contribution in [-0.2, 0) is 11.3 Å². The molecule has 1 saturated heterocycles. The van der Waals surface area contributed by atoms with Crippen molar-refractivity contribution in [3.8, 4) is 0 Å². The average Bonchev–Trinajstić information content (AvgIpc) is 2.95. The summed E-state index contributed by atoms with van der Waals surface area (Å²) in [6.45, 7) is 2.99.